The van der Waals surface area contributed by atoms with Crippen molar-refractivity contribution >= 4 is 5.82 Å². The lowest BCUT2D eigenvalue weighted by Gasteiger charge is -2.12. The first-order valence-corrected chi connectivity index (χ1v) is 6.35. The lowest BCUT2D eigenvalue weighted by atomic mass is 10.1. The van der Waals surface area contributed by atoms with E-state index in [1.54, 1.807) is 0 Å². The van der Waals surface area contributed by atoms with Crippen molar-refractivity contribution in [1.29, 1.82) is 0 Å². The van der Waals surface area contributed by atoms with Crippen LogP contribution in [0.25, 0.3) is 0 Å². The minimum absolute atomic E-state index is 0.457. The summed E-state index contributed by atoms with van der Waals surface area (Å²) in [4.78, 5) is 4.69. The van der Waals surface area contributed by atoms with Gasteiger partial charge in [0.05, 0.1) is 5.69 Å². The molecule has 92 valence electrons. The molecule has 1 unspecified atom stereocenters. The van der Waals surface area contributed by atoms with E-state index in [9.17, 15) is 0 Å². The molecule has 0 saturated heterocycles. The first kappa shape index (κ1) is 13.1. The van der Waals surface area contributed by atoms with Crippen LogP contribution in [0, 0.1) is 5.92 Å². The average Bonchev–Trinajstić information content (AvgIpc) is 2.55. The molecular weight excluding hydrogens is 198 g/mol. The molecule has 0 aliphatic rings. The van der Waals surface area contributed by atoms with Gasteiger partial charge < -0.3 is 10.3 Å². The van der Waals surface area contributed by atoms with Crippen molar-refractivity contribution in [3.8, 4) is 0 Å². The number of nitrogens with zero attached hydrogens (tertiary/aromatic N) is 2. The van der Waals surface area contributed by atoms with Gasteiger partial charge in [0.25, 0.3) is 0 Å². The van der Waals surface area contributed by atoms with Crippen molar-refractivity contribution in [2.45, 2.75) is 59.9 Å². The van der Waals surface area contributed by atoms with Crippen LogP contribution in [-0.2, 0) is 13.0 Å². The zero-order chi connectivity index (χ0) is 12.3. The van der Waals surface area contributed by atoms with E-state index in [1.165, 1.54) is 0 Å². The molecule has 0 radical (unpaired) electrons. The minimum atomic E-state index is 0.457. The Hall–Kier alpha value is -0.990. The smallest absolute Gasteiger partial charge is 0.127 e. The van der Waals surface area contributed by atoms with Gasteiger partial charge in [0.2, 0.25) is 0 Å². The normalized spacial score (nSPS) is 13.4. The number of hydrogen-bond donors (Lipinski definition) is 1. The van der Waals surface area contributed by atoms with E-state index in [2.05, 4.69) is 44.2 Å². The van der Waals surface area contributed by atoms with Gasteiger partial charge in [0.15, 0.2) is 0 Å². The number of aryl methyl sites for hydroxylation is 1. The molecule has 0 aliphatic heterocycles. The maximum atomic E-state index is 6.20. The summed E-state index contributed by atoms with van der Waals surface area (Å²) in [6.45, 7) is 11.9. The largest absolute Gasteiger partial charge is 0.384 e. The van der Waals surface area contributed by atoms with Gasteiger partial charge in [-0.05, 0) is 12.3 Å². The van der Waals surface area contributed by atoms with Crippen molar-refractivity contribution in [2.24, 2.45) is 5.92 Å². The van der Waals surface area contributed by atoms with Crippen LogP contribution in [0.3, 0.4) is 0 Å². The van der Waals surface area contributed by atoms with Crippen LogP contribution in [-0.4, -0.2) is 9.55 Å². The molecule has 0 fully saturated rings. The molecule has 1 atom stereocenters. The molecule has 3 nitrogen and oxygen atoms in total. The zero-order valence-electron chi connectivity index (χ0n) is 11.2. The third-order valence-corrected chi connectivity index (χ3v) is 3.06. The highest BCUT2D eigenvalue weighted by molar-refractivity contribution is 5.40. The number of aromatic nitrogens is 2. The third kappa shape index (κ3) is 2.57. The molecule has 3 heteroatoms. The maximum Gasteiger partial charge on any atom is 0.127 e. The van der Waals surface area contributed by atoms with E-state index < -0.39 is 0 Å². The number of nitrogens with two attached hydrogens (primary N) is 1. The highest BCUT2D eigenvalue weighted by atomic mass is 15.1. The molecule has 0 aliphatic carbocycles. The lowest BCUT2D eigenvalue weighted by Crippen LogP contribution is -2.11. The SMILES string of the molecule is CCc1nc(C(C)CC)c(N)n1CC(C)C. The number of hydrogen-bond acceptors (Lipinski definition) is 2. The highest BCUT2D eigenvalue weighted by Crippen LogP contribution is 2.26. The predicted octanol–water partition coefficient (Wildman–Crippen LogP) is 3.20. The Morgan fingerprint density at radius 2 is 1.88 bits per heavy atom. The molecule has 0 amide bonds. The summed E-state index contributed by atoms with van der Waals surface area (Å²) in [5, 5.41) is 0. The first-order valence-electron chi connectivity index (χ1n) is 6.35. The van der Waals surface area contributed by atoms with E-state index in [0.29, 0.717) is 11.8 Å². The van der Waals surface area contributed by atoms with Crippen molar-refractivity contribution < 1.29 is 0 Å². The van der Waals surface area contributed by atoms with Crippen molar-refractivity contribution in [1.82, 2.24) is 9.55 Å². The van der Waals surface area contributed by atoms with Crippen molar-refractivity contribution in [3.63, 3.8) is 0 Å². The molecule has 1 aromatic heterocycles. The van der Waals surface area contributed by atoms with Gasteiger partial charge in [0.1, 0.15) is 11.6 Å². The minimum Gasteiger partial charge on any atom is -0.384 e. The molecule has 1 aromatic rings. The average molecular weight is 223 g/mol. The highest BCUT2D eigenvalue weighted by Gasteiger charge is 2.17. The molecule has 0 saturated carbocycles. The van der Waals surface area contributed by atoms with Crippen LogP contribution in [0.4, 0.5) is 5.82 Å². The Balaban J connectivity index is 3.10. The molecule has 1 rings (SSSR count). The fourth-order valence-electron chi connectivity index (χ4n) is 1.93. The summed E-state index contributed by atoms with van der Waals surface area (Å²) in [5.74, 6) is 3.06. The third-order valence-electron chi connectivity index (χ3n) is 3.06. The standard InChI is InChI=1S/C13H25N3/c1-6-10(5)12-13(14)16(8-9(3)4)11(7-2)15-12/h9-10H,6-8,14H2,1-5H3. The van der Waals surface area contributed by atoms with Crippen molar-refractivity contribution in [2.75, 3.05) is 5.73 Å². The molecule has 0 aromatic carbocycles. The van der Waals surface area contributed by atoms with Crippen LogP contribution in [0.1, 0.15) is 58.5 Å². The van der Waals surface area contributed by atoms with Gasteiger partial charge in [-0.25, -0.2) is 4.98 Å². The molecule has 0 spiro atoms. The molecule has 1 heterocycles. The Labute approximate surface area is 99.1 Å². The lowest BCUT2D eigenvalue weighted by molar-refractivity contribution is 0.513. The van der Waals surface area contributed by atoms with Crippen LogP contribution >= 0.6 is 0 Å². The van der Waals surface area contributed by atoms with Gasteiger partial charge in [-0.15, -0.1) is 0 Å². The number of nitrogen functional groups attached to an aromatic ring is 1. The summed E-state index contributed by atoms with van der Waals surface area (Å²) in [6.07, 6.45) is 2.04. The predicted molar refractivity (Wildman–Crippen MR) is 69.6 cm³/mol. The van der Waals surface area contributed by atoms with E-state index in [4.69, 9.17) is 5.73 Å². The Morgan fingerprint density at radius 3 is 2.31 bits per heavy atom. The number of anilines is 1. The van der Waals surface area contributed by atoms with Crippen molar-refractivity contribution in [3.05, 3.63) is 11.5 Å². The summed E-state index contributed by atoms with van der Waals surface area (Å²) < 4.78 is 2.19. The Bertz CT molecular complexity index is 339. The van der Waals surface area contributed by atoms with Gasteiger partial charge in [-0.3, -0.25) is 0 Å². The Morgan fingerprint density at radius 1 is 1.25 bits per heavy atom. The summed E-state index contributed by atoms with van der Waals surface area (Å²) in [7, 11) is 0. The van der Waals surface area contributed by atoms with E-state index >= 15 is 0 Å². The monoisotopic (exact) mass is 223 g/mol. The summed E-state index contributed by atoms with van der Waals surface area (Å²) >= 11 is 0. The first-order chi connectivity index (χ1) is 7.51. The fourth-order valence-corrected chi connectivity index (χ4v) is 1.93. The van der Waals surface area contributed by atoms with Crippen LogP contribution < -0.4 is 5.73 Å². The van der Waals surface area contributed by atoms with E-state index in [-0.39, 0.29) is 0 Å². The number of rotatable bonds is 5. The Kier molecular flexibility index (Phi) is 4.39. The van der Waals surface area contributed by atoms with Gasteiger partial charge in [0, 0.05) is 18.9 Å². The maximum absolute atomic E-state index is 6.20. The molecular formula is C13H25N3. The quantitative estimate of drug-likeness (QED) is 0.833. The van der Waals surface area contributed by atoms with Crippen LogP contribution in [0.2, 0.25) is 0 Å². The molecule has 16 heavy (non-hydrogen) atoms. The summed E-state index contributed by atoms with van der Waals surface area (Å²) in [6, 6.07) is 0. The molecule has 2 N–H and O–H groups in total. The molecule has 0 bridgehead atoms. The summed E-state index contributed by atoms with van der Waals surface area (Å²) in [5.41, 5.74) is 7.29. The fraction of sp³-hybridized carbons (Fsp3) is 0.769. The van der Waals surface area contributed by atoms with E-state index in [1.807, 2.05) is 0 Å². The zero-order valence-corrected chi connectivity index (χ0v) is 11.2. The topological polar surface area (TPSA) is 43.8 Å². The van der Waals surface area contributed by atoms with Gasteiger partial charge >= 0.3 is 0 Å². The van der Waals surface area contributed by atoms with Gasteiger partial charge in [-0.2, -0.15) is 0 Å². The second-order valence-corrected chi connectivity index (χ2v) is 4.97. The van der Waals surface area contributed by atoms with Crippen LogP contribution in [0.15, 0.2) is 0 Å². The van der Waals surface area contributed by atoms with E-state index in [0.717, 1.165) is 36.7 Å². The van der Waals surface area contributed by atoms with Gasteiger partial charge in [-0.1, -0.05) is 34.6 Å². The van der Waals surface area contributed by atoms with Crippen LogP contribution in [0.5, 0.6) is 0 Å². The second-order valence-electron chi connectivity index (χ2n) is 4.97. The number of imidazole rings is 1. The second kappa shape index (κ2) is 5.37.